The van der Waals surface area contributed by atoms with Crippen molar-refractivity contribution in [2.75, 3.05) is 26.8 Å². The van der Waals surface area contributed by atoms with E-state index in [1.165, 1.54) is 0 Å². The maximum absolute atomic E-state index is 11.8. The number of nitrogens with zero attached hydrogens (tertiary/aromatic N) is 1. The summed E-state index contributed by atoms with van der Waals surface area (Å²) in [5, 5.41) is 3.00. The number of methoxy groups -OCH3 is 1. The molecule has 1 aliphatic rings. The first-order chi connectivity index (χ1) is 7.27. The van der Waals surface area contributed by atoms with Crippen LogP contribution in [0.3, 0.4) is 0 Å². The van der Waals surface area contributed by atoms with Crippen molar-refractivity contribution in [3.63, 3.8) is 0 Å². The van der Waals surface area contributed by atoms with Gasteiger partial charge in [-0.25, -0.2) is 4.79 Å². The molecular formula is C11H22N2O2. The molecule has 0 aliphatic heterocycles. The third kappa shape index (κ3) is 5.02. The standard InChI is InChI=1S/C11H22N2O2/c1-3-4-7-13(8-9-15-2)11(14)12-10-5-6-10/h10H,3-9H2,1-2H3,(H,12,14). The van der Waals surface area contributed by atoms with Gasteiger partial charge >= 0.3 is 6.03 Å². The lowest BCUT2D eigenvalue weighted by molar-refractivity contribution is 0.148. The van der Waals surface area contributed by atoms with Crippen LogP contribution in [0.15, 0.2) is 0 Å². The summed E-state index contributed by atoms with van der Waals surface area (Å²) in [6, 6.07) is 0.507. The van der Waals surface area contributed by atoms with Crippen molar-refractivity contribution in [3.8, 4) is 0 Å². The number of amides is 2. The molecule has 0 saturated heterocycles. The Morgan fingerprint density at radius 1 is 1.47 bits per heavy atom. The minimum atomic E-state index is 0.0722. The summed E-state index contributed by atoms with van der Waals surface area (Å²) in [7, 11) is 1.66. The molecular weight excluding hydrogens is 192 g/mol. The lowest BCUT2D eigenvalue weighted by Crippen LogP contribution is -2.43. The molecule has 0 aromatic carbocycles. The molecule has 4 nitrogen and oxygen atoms in total. The minimum absolute atomic E-state index is 0.0722. The zero-order chi connectivity index (χ0) is 11.1. The maximum Gasteiger partial charge on any atom is 0.317 e. The molecule has 0 radical (unpaired) electrons. The number of hydrogen-bond acceptors (Lipinski definition) is 2. The molecule has 0 bridgehead atoms. The third-order valence-electron chi connectivity index (χ3n) is 2.54. The van der Waals surface area contributed by atoms with Gasteiger partial charge in [-0.1, -0.05) is 13.3 Å². The molecule has 1 rings (SSSR count). The number of nitrogens with one attached hydrogen (secondary N) is 1. The van der Waals surface area contributed by atoms with Crippen molar-refractivity contribution in [1.29, 1.82) is 0 Å². The minimum Gasteiger partial charge on any atom is -0.383 e. The van der Waals surface area contributed by atoms with Crippen LogP contribution in [0.2, 0.25) is 0 Å². The lowest BCUT2D eigenvalue weighted by Gasteiger charge is -2.22. The fraction of sp³-hybridized carbons (Fsp3) is 0.909. The van der Waals surface area contributed by atoms with Gasteiger partial charge in [-0.05, 0) is 19.3 Å². The predicted molar refractivity (Wildman–Crippen MR) is 59.9 cm³/mol. The third-order valence-corrected chi connectivity index (χ3v) is 2.54. The van der Waals surface area contributed by atoms with Crippen LogP contribution >= 0.6 is 0 Å². The number of ether oxygens (including phenoxy) is 1. The zero-order valence-corrected chi connectivity index (χ0v) is 9.79. The Morgan fingerprint density at radius 3 is 2.73 bits per heavy atom. The van der Waals surface area contributed by atoms with Crippen LogP contribution in [0.5, 0.6) is 0 Å². The van der Waals surface area contributed by atoms with E-state index in [1.807, 2.05) is 4.90 Å². The van der Waals surface area contributed by atoms with Crippen molar-refractivity contribution >= 4 is 6.03 Å². The molecule has 1 saturated carbocycles. The number of hydrogen-bond donors (Lipinski definition) is 1. The van der Waals surface area contributed by atoms with E-state index in [9.17, 15) is 4.79 Å². The van der Waals surface area contributed by atoms with Gasteiger partial charge in [0.2, 0.25) is 0 Å². The number of rotatable bonds is 7. The summed E-state index contributed by atoms with van der Waals surface area (Å²) in [5.41, 5.74) is 0. The fourth-order valence-corrected chi connectivity index (χ4v) is 1.36. The van der Waals surface area contributed by atoms with E-state index < -0.39 is 0 Å². The van der Waals surface area contributed by atoms with E-state index in [2.05, 4.69) is 12.2 Å². The van der Waals surface area contributed by atoms with Crippen LogP contribution < -0.4 is 5.32 Å². The highest BCUT2D eigenvalue weighted by molar-refractivity contribution is 5.74. The molecule has 4 heteroatoms. The first-order valence-corrected chi connectivity index (χ1v) is 5.82. The Bertz CT molecular complexity index is 185. The predicted octanol–water partition coefficient (Wildman–Crippen LogP) is 1.61. The second-order valence-electron chi connectivity index (χ2n) is 4.06. The summed E-state index contributed by atoms with van der Waals surface area (Å²) >= 11 is 0. The van der Waals surface area contributed by atoms with Gasteiger partial charge in [0.05, 0.1) is 6.61 Å². The molecule has 0 atom stereocenters. The molecule has 2 amide bonds. The summed E-state index contributed by atoms with van der Waals surface area (Å²) in [4.78, 5) is 13.6. The van der Waals surface area contributed by atoms with Gasteiger partial charge < -0.3 is 15.0 Å². The van der Waals surface area contributed by atoms with Crippen molar-refractivity contribution < 1.29 is 9.53 Å². The highest BCUT2D eigenvalue weighted by atomic mass is 16.5. The van der Waals surface area contributed by atoms with Crippen molar-refractivity contribution in [2.45, 2.75) is 38.6 Å². The summed E-state index contributed by atoms with van der Waals surface area (Å²) in [6.45, 7) is 4.27. The SMILES string of the molecule is CCCCN(CCOC)C(=O)NC1CC1. The first-order valence-electron chi connectivity index (χ1n) is 5.82. The van der Waals surface area contributed by atoms with Gasteiger partial charge in [0, 0.05) is 26.2 Å². The Labute approximate surface area is 92.0 Å². The first kappa shape index (κ1) is 12.3. The van der Waals surface area contributed by atoms with E-state index in [1.54, 1.807) is 7.11 Å². The highest BCUT2D eigenvalue weighted by Gasteiger charge is 2.25. The molecule has 1 aliphatic carbocycles. The molecule has 0 aromatic heterocycles. The summed E-state index contributed by atoms with van der Waals surface area (Å²) < 4.78 is 5.00. The van der Waals surface area contributed by atoms with Gasteiger partial charge in [0.15, 0.2) is 0 Å². The largest absolute Gasteiger partial charge is 0.383 e. The van der Waals surface area contributed by atoms with Crippen LogP contribution in [0, 0.1) is 0 Å². The van der Waals surface area contributed by atoms with E-state index >= 15 is 0 Å². The van der Waals surface area contributed by atoms with Gasteiger partial charge in [0.25, 0.3) is 0 Å². The van der Waals surface area contributed by atoms with Crippen molar-refractivity contribution in [3.05, 3.63) is 0 Å². The Morgan fingerprint density at radius 2 is 2.20 bits per heavy atom. The highest BCUT2D eigenvalue weighted by Crippen LogP contribution is 2.18. The molecule has 1 fully saturated rings. The van der Waals surface area contributed by atoms with Gasteiger partial charge in [0.1, 0.15) is 0 Å². The van der Waals surface area contributed by atoms with E-state index in [0.29, 0.717) is 19.2 Å². The second-order valence-corrected chi connectivity index (χ2v) is 4.06. The topological polar surface area (TPSA) is 41.6 Å². The zero-order valence-electron chi connectivity index (χ0n) is 9.79. The molecule has 0 spiro atoms. The smallest absolute Gasteiger partial charge is 0.317 e. The normalized spacial score (nSPS) is 15.1. The Hall–Kier alpha value is -0.770. The molecule has 15 heavy (non-hydrogen) atoms. The molecule has 0 aromatic rings. The van der Waals surface area contributed by atoms with Gasteiger partial charge in [-0.15, -0.1) is 0 Å². The molecule has 1 N–H and O–H groups in total. The van der Waals surface area contributed by atoms with Crippen LogP contribution in [-0.4, -0.2) is 43.8 Å². The maximum atomic E-state index is 11.8. The van der Waals surface area contributed by atoms with Gasteiger partial charge in [-0.3, -0.25) is 0 Å². The molecule has 88 valence electrons. The monoisotopic (exact) mass is 214 g/mol. The molecule has 0 heterocycles. The van der Waals surface area contributed by atoms with Crippen molar-refractivity contribution in [1.82, 2.24) is 10.2 Å². The van der Waals surface area contributed by atoms with Crippen LogP contribution in [0.4, 0.5) is 4.79 Å². The Kier molecular flexibility index (Phi) is 5.47. The average Bonchev–Trinajstić information content (AvgIpc) is 3.02. The second kappa shape index (κ2) is 6.67. The van der Waals surface area contributed by atoms with Crippen LogP contribution in [0.1, 0.15) is 32.6 Å². The Balaban J connectivity index is 2.26. The quantitative estimate of drug-likeness (QED) is 0.699. The van der Waals surface area contributed by atoms with E-state index in [4.69, 9.17) is 4.74 Å². The van der Waals surface area contributed by atoms with Crippen molar-refractivity contribution in [2.24, 2.45) is 0 Å². The fourth-order valence-electron chi connectivity index (χ4n) is 1.36. The number of carbonyl (C=O) groups is 1. The lowest BCUT2D eigenvalue weighted by atomic mass is 10.3. The number of carbonyl (C=O) groups excluding carboxylic acids is 1. The number of unbranched alkanes of at least 4 members (excludes halogenated alkanes) is 1. The average molecular weight is 214 g/mol. The molecule has 0 unspecified atom stereocenters. The summed E-state index contributed by atoms with van der Waals surface area (Å²) in [6.07, 6.45) is 4.44. The van der Waals surface area contributed by atoms with E-state index in [0.717, 1.165) is 32.2 Å². The van der Waals surface area contributed by atoms with E-state index in [-0.39, 0.29) is 6.03 Å². The van der Waals surface area contributed by atoms with Gasteiger partial charge in [-0.2, -0.15) is 0 Å². The van der Waals surface area contributed by atoms with Crippen LogP contribution in [0.25, 0.3) is 0 Å². The van der Waals surface area contributed by atoms with Crippen LogP contribution in [-0.2, 0) is 4.74 Å². The summed E-state index contributed by atoms with van der Waals surface area (Å²) in [5.74, 6) is 0. The number of urea groups is 1.